The number of carbonyl (C=O) groups is 2. The van der Waals surface area contributed by atoms with Gasteiger partial charge in [0.25, 0.3) is 0 Å². The van der Waals surface area contributed by atoms with Gasteiger partial charge in [0.05, 0.1) is 10.8 Å². The highest BCUT2D eigenvalue weighted by molar-refractivity contribution is 7.89. The molecule has 1 saturated heterocycles. The fourth-order valence-corrected chi connectivity index (χ4v) is 5.73. The van der Waals surface area contributed by atoms with Crippen LogP contribution in [-0.2, 0) is 26.0 Å². The number of sulfonamides is 1. The number of benzene rings is 2. The van der Waals surface area contributed by atoms with Crippen LogP contribution in [0.1, 0.15) is 36.8 Å². The van der Waals surface area contributed by atoms with Crippen LogP contribution in [0.15, 0.2) is 41.3 Å². The summed E-state index contributed by atoms with van der Waals surface area (Å²) in [5.41, 5.74) is 2.28. The summed E-state index contributed by atoms with van der Waals surface area (Å²) in [4.78, 5) is 24.6. The van der Waals surface area contributed by atoms with E-state index in [0.29, 0.717) is 55.6 Å². The normalized spacial score (nSPS) is 19.6. The Hall–Kier alpha value is -2.78. The number of hydrogen-bond acceptors (Lipinski definition) is 4. The molecule has 1 atom stereocenters. The monoisotopic (exact) mass is 459 g/mol. The van der Waals surface area contributed by atoms with E-state index in [4.69, 9.17) is 0 Å². The van der Waals surface area contributed by atoms with Gasteiger partial charge in [0.15, 0.2) is 0 Å². The Balaban J connectivity index is 1.49. The van der Waals surface area contributed by atoms with Crippen molar-refractivity contribution in [2.75, 3.05) is 23.7 Å². The van der Waals surface area contributed by atoms with Crippen molar-refractivity contribution in [3.63, 3.8) is 0 Å². The maximum absolute atomic E-state index is 13.8. The fourth-order valence-electron chi connectivity index (χ4n) is 4.15. The molecule has 170 valence electrons. The Morgan fingerprint density at radius 1 is 1.16 bits per heavy atom. The Labute approximate surface area is 187 Å². The molecule has 2 amide bonds. The van der Waals surface area contributed by atoms with Crippen LogP contribution in [0, 0.1) is 18.7 Å². The van der Waals surface area contributed by atoms with Gasteiger partial charge < -0.3 is 10.6 Å². The van der Waals surface area contributed by atoms with Crippen molar-refractivity contribution in [2.45, 2.75) is 43.9 Å². The minimum absolute atomic E-state index is 0.0658. The van der Waals surface area contributed by atoms with Gasteiger partial charge in [-0.05, 0) is 74.1 Å². The van der Waals surface area contributed by atoms with E-state index in [1.54, 1.807) is 31.2 Å². The highest BCUT2D eigenvalue weighted by Crippen LogP contribution is 2.29. The van der Waals surface area contributed by atoms with Crippen molar-refractivity contribution >= 4 is 33.2 Å². The number of halogens is 1. The third-order valence-electron chi connectivity index (χ3n) is 6.03. The summed E-state index contributed by atoms with van der Waals surface area (Å²) in [5, 5.41) is 5.51. The molecule has 0 spiro atoms. The van der Waals surface area contributed by atoms with Crippen molar-refractivity contribution in [1.29, 1.82) is 0 Å². The zero-order chi connectivity index (χ0) is 22.9. The Morgan fingerprint density at radius 2 is 1.97 bits per heavy atom. The standard InChI is InChI=1S/C23H26FN3O4S/c1-15-7-8-18(13-20(15)24)25-23(29)17-5-3-11-27(14-17)32(30,31)19-9-10-21-16(12-19)4-2-6-22(28)26-21/h7-10,12-13,17H,2-6,11,14H2,1H3,(H,25,29)(H,26,28)/t17-/m0/s1. The first kappa shape index (κ1) is 22.4. The van der Waals surface area contributed by atoms with E-state index in [2.05, 4.69) is 10.6 Å². The minimum Gasteiger partial charge on any atom is -0.326 e. The molecule has 7 nitrogen and oxygen atoms in total. The molecule has 32 heavy (non-hydrogen) atoms. The van der Waals surface area contributed by atoms with Crippen LogP contribution in [0.2, 0.25) is 0 Å². The first-order valence-electron chi connectivity index (χ1n) is 10.7. The first-order chi connectivity index (χ1) is 15.2. The van der Waals surface area contributed by atoms with Crippen LogP contribution in [0.3, 0.4) is 0 Å². The molecule has 0 saturated carbocycles. The molecule has 2 heterocycles. The van der Waals surface area contributed by atoms with Gasteiger partial charge in [0, 0.05) is 30.9 Å². The van der Waals surface area contributed by atoms with Gasteiger partial charge in [-0.3, -0.25) is 9.59 Å². The quantitative estimate of drug-likeness (QED) is 0.732. The molecule has 2 N–H and O–H groups in total. The van der Waals surface area contributed by atoms with E-state index in [9.17, 15) is 22.4 Å². The highest BCUT2D eigenvalue weighted by Gasteiger charge is 2.34. The summed E-state index contributed by atoms with van der Waals surface area (Å²) in [6.45, 7) is 2.04. The topological polar surface area (TPSA) is 95.6 Å². The van der Waals surface area contributed by atoms with Crippen LogP contribution < -0.4 is 10.6 Å². The van der Waals surface area contributed by atoms with E-state index in [0.717, 1.165) is 5.56 Å². The number of hydrogen-bond donors (Lipinski definition) is 2. The molecule has 2 aliphatic heterocycles. The number of piperidine rings is 1. The molecular weight excluding hydrogens is 433 g/mol. The molecular formula is C23H26FN3O4S. The summed E-state index contributed by atoms with van der Waals surface area (Å²) >= 11 is 0. The molecule has 0 radical (unpaired) electrons. The number of anilines is 2. The molecule has 2 aromatic rings. The molecule has 9 heteroatoms. The lowest BCUT2D eigenvalue weighted by Gasteiger charge is -2.31. The smallest absolute Gasteiger partial charge is 0.243 e. The summed E-state index contributed by atoms with van der Waals surface area (Å²) in [5.74, 6) is -1.33. The molecule has 0 aromatic heterocycles. The first-order valence-corrected chi connectivity index (χ1v) is 12.2. The lowest BCUT2D eigenvalue weighted by Crippen LogP contribution is -2.43. The number of amides is 2. The van der Waals surface area contributed by atoms with E-state index in [-0.39, 0.29) is 23.3 Å². The second kappa shape index (κ2) is 8.99. The predicted molar refractivity (Wildman–Crippen MR) is 119 cm³/mol. The second-order valence-electron chi connectivity index (χ2n) is 8.38. The van der Waals surface area contributed by atoms with Crippen molar-refractivity contribution < 1.29 is 22.4 Å². The third-order valence-corrected chi connectivity index (χ3v) is 7.89. The van der Waals surface area contributed by atoms with Gasteiger partial charge in [-0.25, -0.2) is 12.8 Å². The fraction of sp³-hybridized carbons (Fsp3) is 0.391. The van der Waals surface area contributed by atoms with Gasteiger partial charge in [-0.15, -0.1) is 0 Å². The summed E-state index contributed by atoms with van der Waals surface area (Å²) in [7, 11) is -3.79. The Morgan fingerprint density at radius 3 is 2.75 bits per heavy atom. The van der Waals surface area contributed by atoms with Gasteiger partial charge in [0.1, 0.15) is 5.82 Å². The van der Waals surface area contributed by atoms with Crippen molar-refractivity contribution in [3.8, 4) is 0 Å². The average Bonchev–Trinajstić information content (AvgIpc) is 2.96. The maximum Gasteiger partial charge on any atom is 0.243 e. The van der Waals surface area contributed by atoms with Crippen LogP contribution in [0.4, 0.5) is 15.8 Å². The molecule has 2 aromatic carbocycles. The molecule has 2 aliphatic rings. The van der Waals surface area contributed by atoms with E-state index in [1.807, 2.05) is 0 Å². The summed E-state index contributed by atoms with van der Waals surface area (Å²) < 4.78 is 41.7. The lowest BCUT2D eigenvalue weighted by atomic mass is 9.98. The SMILES string of the molecule is Cc1ccc(NC(=O)[C@H]2CCCN(S(=O)(=O)c3ccc4c(c3)CCCC(=O)N4)C2)cc1F. The van der Waals surface area contributed by atoms with E-state index < -0.39 is 21.8 Å². The molecule has 0 aliphatic carbocycles. The van der Waals surface area contributed by atoms with E-state index >= 15 is 0 Å². The minimum atomic E-state index is -3.79. The van der Waals surface area contributed by atoms with Gasteiger partial charge in [-0.2, -0.15) is 4.31 Å². The largest absolute Gasteiger partial charge is 0.326 e. The van der Waals surface area contributed by atoms with Crippen molar-refractivity contribution in [3.05, 3.63) is 53.3 Å². The molecule has 0 unspecified atom stereocenters. The zero-order valence-electron chi connectivity index (χ0n) is 17.9. The van der Waals surface area contributed by atoms with Gasteiger partial charge in [0.2, 0.25) is 21.8 Å². The second-order valence-corrected chi connectivity index (χ2v) is 10.3. The van der Waals surface area contributed by atoms with Crippen LogP contribution in [0.25, 0.3) is 0 Å². The van der Waals surface area contributed by atoms with Crippen molar-refractivity contribution in [1.82, 2.24) is 4.31 Å². The Bertz CT molecular complexity index is 1170. The van der Waals surface area contributed by atoms with Crippen LogP contribution in [-0.4, -0.2) is 37.6 Å². The molecule has 1 fully saturated rings. The Kier molecular flexibility index (Phi) is 6.30. The number of carbonyl (C=O) groups excluding carboxylic acids is 2. The van der Waals surface area contributed by atoms with Crippen LogP contribution in [0.5, 0.6) is 0 Å². The number of aryl methyl sites for hydroxylation is 2. The zero-order valence-corrected chi connectivity index (χ0v) is 18.7. The number of nitrogens with zero attached hydrogens (tertiary/aromatic N) is 1. The van der Waals surface area contributed by atoms with Gasteiger partial charge >= 0.3 is 0 Å². The summed E-state index contributed by atoms with van der Waals surface area (Å²) in [6, 6.07) is 9.23. The predicted octanol–water partition coefficient (Wildman–Crippen LogP) is 3.45. The highest BCUT2D eigenvalue weighted by atomic mass is 32.2. The maximum atomic E-state index is 13.8. The summed E-state index contributed by atoms with van der Waals surface area (Å²) in [6.07, 6.45) is 2.80. The van der Waals surface area contributed by atoms with E-state index in [1.165, 1.54) is 16.4 Å². The van der Waals surface area contributed by atoms with Crippen molar-refractivity contribution in [2.24, 2.45) is 5.92 Å². The molecule has 4 rings (SSSR count). The lowest BCUT2D eigenvalue weighted by molar-refractivity contribution is -0.121. The third kappa shape index (κ3) is 4.68. The van der Waals surface area contributed by atoms with Crippen LogP contribution >= 0.6 is 0 Å². The number of fused-ring (bicyclic) bond motifs is 1. The number of rotatable bonds is 4. The number of nitrogens with one attached hydrogen (secondary N) is 2. The molecule has 0 bridgehead atoms. The average molecular weight is 460 g/mol. The van der Waals surface area contributed by atoms with Gasteiger partial charge in [-0.1, -0.05) is 6.07 Å².